The topological polar surface area (TPSA) is 67.6 Å². The quantitative estimate of drug-likeness (QED) is 0.364. The lowest BCUT2D eigenvalue weighted by molar-refractivity contribution is -0.126. The first-order valence-electron chi connectivity index (χ1n) is 7.67. The third-order valence-corrected chi connectivity index (χ3v) is 3.81. The van der Waals surface area contributed by atoms with Gasteiger partial charge in [0.2, 0.25) is 5.91 Å². The minimum atomic E-state index is -0.0664. The van der Waals surface area contributed by atoms with Crippen molar-refractivity contribution in [3.05, 3.63) is 42.0 Å². The Morgan fingerprint density at radius 2 is 2.36 bits per heavy atom. The predicted octanol–water partition coefficient (Wildman–Crippen LogP) is 1.84. The molecule has 0 bridgehead atoms. The molecular formula is C17H25N3O2. The van der Waals surface area contributed by atoms with Gasteiger partial charge in [-0.2, -0.15) is 0 Å². The fourth-order valence-electron chi connectivity index (χ4n) is 2.73. The van der Waals surface area contributed by atoms with Gasteiger partial charge >= 0.3 is 0 Å². The second-order valence-corrected chi connectivity index (χ2v) is 5.98. The molecule has 1 aromatic carbocycles. The molecule has 3 N–H and O–H groups in total. The van der Waals surface area contributed by atoms with Gasteiger partial charge < -0.3 is 4.74 Å². The minimum Gasteiger partial charge on any atom is -0.489 e. The highest BCUT2D eigenvalue weighted by molar-refractivity contribution is 5.78. The van der Waals surface area contributed by atoms with Gasteiger partial charge in [0, 0.05) is 13.1 Å². The lowest BCUT2D eigenvalue weighted by atomic mass is 9.97. The highest BCUT2D eigenvalue weighted by Crippen LogP contribution is 2.20. The van der Waals surface area contributed by atoms with E-state index in [1.54, 1.807) is 0 Å². The highest BCUT2D eigenvalue weighted by atomic mass is 16.5. The molecule has 22 heavy (non-hydrogen) atoms. The fourth-order valence-corrected chi connectivity index (χ4v) is 2.73. The van der Waals surface area contributed by atoms with E-state index >= 15 is 0 Å². The van der Waals surface area contributed by atoms with Crippen molar-refractivity contribution in [3.8, 4) is 5.75 Å². The number of benzene rings is 1. The zero-order valence-electron chi connectivity index (χ0n) is 13.2. The van der Waals surface area contributed by atoms with Gasteiger partial charge in [-0.15, -0.1) is 0 Å². The predicted molar refractivity (Wildman–Crippen MR) is 87.1 cm³/mol. The number of hydrazine groups is 1. The third-order valence-electron chi connectivity index (χ3n) is 3.81. The number of amides is 1. The third kappa shape index (κ3) is 4.86. The molecule has 0 saturated carbocycles. The van der Waals surface area contributed by atoms with E-state index in [-0.39, 0.29) is 11.8 Å². The van der Waals surface area contributed by atoms with Crippen molar-refractivity contribution >= 4 is 5.91 Å². The summed E-state index contributed by atoms with van der Waals surface area (Å²) in [7, 11) is 0. The lowest BCUT2D eigenvalue weighted by Crippen LogP contribution is -2.44. The number of nitrogens with one attached hydrogen (secondary N) is 1. The molecule has 1 atom stereocenters. The maximum Gasteiger partial charge on any atom is 0.238 e. The Hall–Kier alpha value is -1.85. The molecule has 1 fully saturated rings. The molecule has 1 saturated heterocycles. The summed E-state index contributed by atoms with van der Waals surface area (Å²) in [6.45, 7) is 8.89. The van der Waals surface area contributed by atoms with Crippen LogP contribution in [0.2, 0.25) is 0 Å². The number of carbonyl (C=O) groups excluding carboxylic acids is 1. The largest absolute Gasteiger partial charge is 0.489 e. The van der Waals surface area contributed by atoms with Crippen LogP contribution in [0.1, 0.15) is 25.3 Å². The zero-order chi connectivity index (χ0) is 15.9. The van der Waals surface area contributed by atoms with Crippen LogP contribution in [-0.2, 0) is 11.3 Å². The van der Waals surface area contributed by atoms with Crippen molar-refractivity contribution in [2.75, 3.05) is 19.7 Å². The first kappa shape index (κ1) is 16.5. The molecule has 1 aliphatic rings. The van der Waals surface area contributed by atoms with Gasteiger partial charge in [0.15, 0.2) is 0 Å². The van der Waals surface area contributed by atoms with Gasteiger partial charge in [0.25, 0.3) is 0 Å². The van der Waals surface area contributed by atoms with Gasteiger partial charge in [-0.3, -0.25) is 15.1 Å². The van der Waals surface area contributed by atoms with Crippen molar-refractivity contribution in [3.63, 3.8) is 0 Å². The summed E-state index contributed by atoms with van der Waals surface area (Å²) in [6, 6.07) is 8.08. The van der Waals surface area contributed by atoms with Crippen LogP contribution in [-0.4, -0.2) is 30.5 Å². The van der Waals surface area contributed by atoms with Crippen LogP contribution in [0.5, 0.6) is 5.75 Å². The van der Waals surface area contributed by atoms with Crippen LogP contribution in [0.25, 0.3) is 0 Å². The number of hydrogen-bond acceptors (Lipinski definition) is 4. The summed E-state index contributed by atoms with van der Waals surface area (Å²) in [5.41, 5.74) is 4.45. The zero-order valence-corrected chi connectivity index (χ0v) is 13.2. The molecule has 5 nitrogen and oxygen atoms in total. The number of hydrogen-bond donors (Lipinski definition) is 2. The van der Waals surface area contributed by atoms with E-state index in [1.165, 1.54) is 5.56 Å². The molecule has 5 heteroatoms. The Morgan fingerprint density at radius 1 is 1.55 bits per heavy atom. The SMILES string of the molecule is C=C(C)COc1cccc(CN2CCCC(C(=O)NN)C2)c1. The summed E-state index contributed by atoms with van der Waals surface area (Å²) in [4.78, 5) is 14.0. The molecule has 1 aromatic rings. The first-order valence-corrected chi connectivity index (χ1v) is 7.67. The van der Waals surface area contributed by atoms with E-state index in [2.05, 4.69) is 29.0 Å². The van der Waals surface area contributed by atoms with Crippen molar-refractivity contribution in [2.24, 2.45) is 11.8 Å². The number of nitrogens with two attached hydrogens (primary N) is 1. The Labute approximate surface area is 132 Å². The maximum absolute atomic E-state index is 11.7. The standard InChI is InChI=1S/C17H25N3O2/c1-13(2)12-22-16-7-3-5-14(9-16)10-20-8-4-6-15(11-20)17(21)19-18/h3,5,7,9,15H,1,4,6,8,10-12,18H2,2H3,(H,19,21). The van der Waals surface area contributed by atoms with E-state index in [1.807, 2.05) is 19.1 Å². The molecule has 0 radical (unpaired) electrons. The van der Waals surface area contributed by atoms with Crippen LogP contribution in [0.15, 0.2) is 36.4 Å². The first-order chi connectivity index (χ1) is 10.6. The molecule has 1 aliphatic heterocycles. The number of piperidine rings is 1. The summed E-state index contributed by atoms with van der Waals surface area (Å²) in [6.07, 6.45) is 1.92. The molecule has 0 aliphatic carbocycles. The van der Waals surface area contributed by atoms with Crippen LogP contribution < -0.4 is 16.0 Å². The van der Waals surface area contributed by atoms with E-state index in [0.29, 0.717) is 6.61 Å². The van der Waals surface area contributed by atoms with E-state index in [4.69, 9.17) is 10.6 Å². The Kier molecular flexibility index (Phi) is 5.98. The number of ether oxygens (including phenoxy) is 1. The van der Waals surface area contributed by atoms with Crippen LogP contribution in [0.3, 0.4) is 0 Å². The minimum absolute atomic E-state index is 0.0124. The average Bonchev–Trinajstić information content (AvgIpc) is 2.53. The Bertz CT molecular complexity index is 530. The van der Waals surface area contributed by atoms with Gasteiger partial charge in [-0.05, 0) is 49.6 Å². The van der Waals surface area contributed by atoms with Crippen LogP contribution in [0, 0.1) is 5.92 Å². The van der Waals surface area contributed by atoms with Gasteiger partial charge in [-0.25, -0.2) is 5.84 Å². The van der Waals surface area contributed by atoms with Crippen molar-refractivity contribution in [1.29, 1.82) is 0 Å². The second-order valence-electron chi connectivity index (χ2n) is 5.98. The number of carbonyl (C=O) groups is 1. The van der Waals surface area contributed by atoms with Crippen LogP contribution >= 0.6 is 0 Å². The molecule has 1 amide bonds. The molecular weight excluding hydrogens is 278 g/mol. The number of nitrogens with zero attached hydrogens (tertiary/aromatic N) is 1. The van der Waals surface area contributed by atoms with E-state index < -0.39 is 0 Å². The van der Waals surface area contributed by atoms with Crippen molar-refractivity contribution in [2.45, 2.75) is 26.3 Å². The highest BCUT2D eigenvalue weighted by Gasteiger charge is 2.25. The normalized spacial score (nSPS) is 18.7. The van der Waals surface area contributed by atoms with Crippen molar-refractivity contribution < 1.29 is 9.53 Å². The molecule has 0 aromatic heterocycles. The molecule has 120 valence electrons. The number of rotatable bonds is 6. The molecule has 2 rings (SSSR count). The lowest BCUT2D eigenvalue weighted by Gasteiger charge is -2.31. The summed E-state index contributed by atoms with van der Waals surface area (Å²) in [5, 5.41) is 0. The molecule has 1 heterocycles. The monoisotopic (exact) mass is 303 g/mol. The van der Waals surface area contributed by atoms with Gasteiger partial charge in [0.1, 0.15) is 12.4 Å². The Balaban J connectivity index is 1.93. The Morgan fingerprint density at radius 3 is 3.09 bits per heavy atom. The fraction of sp³-hybridized carbons (Fsp3) is 0.471. The van der Waals surface area contributed by atoms with Gasteiger partial charge in [-0.1, -0.05) is 18.7 Å². The maximum atomic E-state index is 11.7. The van der Waals surface area contributed by atoms with Crippen molar-refractivity contribution in [1.82, 2.24) is 10.3 Å². The average molecular weight is 303 g/mol. The summed E-state index contributed by atoms with van der Waals surface area (Å²) < 4.78 is 5.68. The smallest absolute Gasteiger partial charge is 0.238 e. The van der Waals surface area contributed by atoms with Gasteiger partial charge in [0.05, 0.1) is 5.92 Å². The summed E-state index contributed by atoms with van der Waals surface area (Å²) >= 11 is 0. The van der Waals surface area contributed by atoms with E-state index in [0.717, 1.165) is 43.8 Å². The molecule has 1 unspecified atom stereocenters. The van der Waals surface area contributed by atoms with E-state index in [9.17, 15) is 4.79 Å². The van der Waals surface area contributed by atoms with Crippen LogP contribution in [0.4, 0.5) is 0 Å². The second kappa shape index (κ2) is 7.96. The number of likely N-dealkylation sites (tertiary alicyclic amines) is 1. The molecule has 0 spiro atoms. The summed E-state index contributed by atoms with van der Waals surface area (Å²) in [5.74, 6) is 6.01.